The Kier molecular flexibility index (Phi) is 9.77. The molecular formula is C29H35FN4O6SSi. The zero-order chi connectivity index (χ0) is 30.5. The van der Waals surface area contributed by atoms with Gasteiger partial charge in [0.05, 0.1) is 19.0 Å². The number of imidazole rings is 1. The molecular weight excluding hydrogens is 579 g/mol. The van der Waals surface area contributed by atoms with Crippen molar-refractivity contribution >= 4 is 18.2 Å². The third kappa shape index (κ3) is 8.44. The van der Waals surface area contributed by atoms with Crippen molar-refractivity contribution in [2.45, 2.75) is 51.0 Å². The van der Waals surface area contributed by atoms with Crippen molar-refractivity contribution in [1.82, 2.24) is 19.3 Å². The Balaban J connectivity index is 1.71. The van der Waals surface area contributed by atoms with Crippen LogP contribution in [0.15, 0.2) is 78.0 Å². The summed E-state index contributed by atoms with van der Waals surface area (Å²) in [7, 11) is -5.27. The molecule has 2 heterocycles. The molecule has 0 aliphatic rings. The highest BCUT2D eigenvalue weighted by molar-refractivity contribution is 7.86. The lowest BCUT2D eigenvalue weighted by atomic mass is 9.86. The van der Waals surface area contributed by atoms with Crippen LogP contribution in [0.4, 0.5) is 4.39 Å². The number of rotatable bonds is 13. The van der Waals surface area contributed by atoms with E-state index in [0.29, 0.717) is 12.2 Å². The van der Waals surface area contributed by atoms with Gasteiger partial charge < -0.3 is 14.4 Å². The van der Waals surface area contributed by atoms with E-state index in [0.717, 1.165) is 17.9 Å². The molecule has 0 saturated heterocycles. The summed E-state index contributed by atoms with van der Waals surface area (Å²) in [6.45, 7) is 7.17. The predicted octanol–water partition coefficient (Wildman–Crippen LogP) is 4.44. The lowest BCUT2D eigenvalue weighted by molar-refractivity contribution is 0.0769. The SMILES string of the molecule is C[Si](C)(C)CCOCn1cc(O)c(=O)c(-c2nccn2CC(OS(C)(=O)=O)C(c2ccccc2)c2ccc(F)cc2)n1. The van der Waals surface area contributed by atoms with Crippen molar-refractivity contribution in [3.8, 4) is 17.3 Å². The highest BCUT2D eigenvalue weighted by Crippen LogP contribution is 2.32. The van der Waals surface area contributed by atoms with E-state index >= 15 is 0 Å². The van der Waals surface area contributed by atoms with Gasteiger partial charge in [0.25, 0.3) is 15.5 Å². The molecule has 1 N–H and O–H groups in total. The summed E-state index contributed by atoms with van der Waals surface area (Å²) in [5, 5.41) is 14.8. The lowest BCUT2D eigenvalue weighted by Gasteiger charge is -2.28. The molecule has 0 aliphatic heterocycles. The van der Waals surface area contributed by atoms with Gasteiger partial charge in [0.2, 0.25) is 0 Å². The van der Waals surface area contributed by atoms with Crippen molar-refractivity contribution < 1.29 is 26.8 Å². The number of nitrogens with zero attached hydrogens (tertiary/aromatic N) is 4. The first-order valence-electron chi connectivity index (χ1n) is 13.4. The second kappa shape index (κ2) is 13.1. The molecule has 2 unspecified atom stereocenters. The number of aromatic nitrogens is 4. The monoisotopic (exact) mass is 614 g/mol. The fourth-order valence-electron chi connectivity index (χ4n) is 4.51. The van der Waals surface area contributed by atoms with E-state index in [4.69, 9.17) is 8.92 Å². The average Bonchev–Trinajstić information content (AvgIpc) is 3.37. The number of hydrogen-bond donors (Lipinski definition) is 1. The van der Waals surface area contributed by atoms with E-state index in [9.17, 15) is 22.7 Å². The standard InChI is InChI=1S/C29H35FN4O6SSi/c1-41(37,38)40-25(26(21-8-6-5-7-9-21)22-10-12-23(30)13-11-22)19-33-15-14-31-29(33)27-28(36)24(35)18-34(32-27)20-39-16-17-42(2,3)4/h5-15,18,25-26,35H,16-17,19-20H2,1-4H3. The largest absolute Gasteiger partial charge is 0.503 e. The van der Waals surface area contributed by atoms with Gasteiger partial charge in [0.1, 0.15) is 18.7 Å². The molecule has 0 bridgehead atoms. The first kappa shape index (κ1) is 31.3. The zero-order valence-corrected chi connectivity index (χ0v) is 25.8. The third-order valence-electron chi connectivity index (χ3n) is 6.53. The summed E-state index contributed by atoms with van der Waals surface area (Å²) >= 11 is 0. The number of aromatic hydroxyl groups is 1. The summed E-state index contributed by atoms with van der Waals surface area (Å²) < 4.78 is 53.0. The molecule has 2 aromatic carbocycles. The van der Waals surface area contributed by atoms with Crippen LogP contribution in [-0.2, 0) is 32.3 Å². The van der Waals surface area contributed by atoms with Crippen LogP contribution < -0.4 is 5.43 Å². The number of halogens is 1. The smallest absolute Gasteiger partial charge is 0.264 e. The van der Waals surface area contributed by atoms with Crippen LogP contribution in [0.5, 0.6) is 5.75 Å². The molecule has 2 atom stereocenters. The molecule has 224 valence electrons. The van der Waals surface area contributed by atoms with Crippen molar-refractivity contribution in [3.05, 3.63) is 100 Å². The molecule has 42 heavy (non-hydrogen) atoms. The van der Waals surface area contributed by atoms with Crippen LogP contribution in [0.1, 0.15) is 17.0 Å². The van der Waals surface area contributed by atoms with Gasteiger partial charge in [-0.2, -0.15) is 13.5 Å². The van der Waals surface area contributed by atoms with E-state index in [1.54, 1.807) is 22.9 Å². The summed E-state index contributed by atoms with van der Waals surface area (Å²) in [5.74, 6) is -1.48. The van der Waals surface area contributed by atoms with Crippen LogP contribution >= 0.6 is 0 Å². The fourth-order valence-corrected chi connectivity index (χ4v) is 5.89. The van der Waals surface area contributed by atoms with Crippen molar-refractivity contribution in [1.29, 1.82) is 0 Å². The topological polar surface area (TPSA) is 126 Å². The van der Waals surface area contributed by atoms with Crippen LogP contribution in [0.3, 0.4) is 0 Å². The Bertz CT molecular complexity index is 1650. The maximum atomic E-state index is 13.8. The number of benzene rings is 2. The van der Waals surface area contributed by atoms with E-state index in [1.807, 2.05) is 30.3 Å². The number of hydrogen-bond acceptors (Lipinski definition) is 8. The zero-order valence-electron chi connectivity index (χ0n) is 24.0. The van der Waals surface area contributed by atoms with Crippen LogP contribution in [-0.4, -0.2) is 59.9 Å². The maximum Gasteiger partial charge on any atom is 0.264 e. The maximum absolute atomic E-state index is 13.8. The van der Waals surface area contributed by atoms with Gasteiger partial charge in [0.15, 0.2) is 17.3 Å². The summed E-state index contributed by atoms with van der Waals surface area (Å²) in [5.41, 5.74) is 0.503. The summed E-state index contributed by atoms with van der Waals surface area (Å²) in [4.78, 5) is 17.3. The van der Waals surface area contributed by atoms with E-state index in [2.05, 4.69) is 29.7 Å². The average molecular weight is 615 g/mol. The van der Waals surface area contributed by atoms with Crippen LogP contribution in [0, 0.1) is 5.82 Å². The van der Waals surface area contributed by atoms with E-state index in [-0.39, 0.29) is 24.8 Å². The Morgan fingerprint density at radius 1 is 1.05 bits per heavy atom. The van der Waals surface area contributed by atoms with Crippen LogP contribution in [0.25, 0.3) is 11.5 Å². The Labute approximate surface area is 245 Å². The van der Waals surface area contributed by atoms with Crippen LogP contribution in [0.2, 0.25) is 25.7 Å². The van der Waals surface area contributed by atoms with Crippen molar-refractivity contribution in [3.63, 3.8) is 0 Å². The van der Waals surface area contributed by atoms with Crippen molar-refractivity contribution in [2.75, 3.05) is 12.9 Å². The fraction of sp³-hybridized carbons (Fsp3) is 0.345. The molecule has 0 aliphatic carbocycles. The van der Waals surface area contributed by atoms with E-state index in [1.165, 1.54) is 29.2 Å². The Morgan fingerprint density at radius 2 is 1.71 bits per heavy atom. The van der Waals surface area contributed by atoms with Gasteiger partial charge in [-0.05, 0) is 29.3 Å². The first-order valence-corrected chi connectivity index (χ1v) is 18.9. The molecule has 4 aromatic rings. The molecule has 2 aromatic heterocycles. The van der Waals surface area contributed by atoms with Gasteiger partial charge in [-0.1, -0.05) is 62.1 Å². The Hall–Kier alpha value is -3.65. The van der Waals surface area contributed by atoms with Gasteiger partial charge in [-0.25, -0.2) is 14.1 Å². The minimum atomic E-state index is -3.96. The molecule has 0 spiro atoms. The van der Waals surface area contributed by atoms with Gasteiger partial charge in [-0.15, -0.1) is 0 Å². The molecule has 4 rings (SSSR count). The highest BCUT2D eigenvalue weighted by Gasteiger charge is 2.31. The minimum Gasteiger partial charge on any atom is -0.503 e. The van der Waals surface area contributed by atoms with Gasteiger partial charge in [0, 0.05) is 33.0 Å². The minimum absolute atomic E-state index is 0.0203. The third-order valence-corrected chi connectivity index (χ3v) is 8.83. The highest BCUT2D eigenvalue weighted by atomic mass is 32.2. The molecule has 0 fully saturated rings. The lowest BCUT2D eigenvalue weighted by Crippen LogP contribution is -2.31. The van der Waals surface area contributed by atoms with Gasteiger partial charge in [-0.3, -0.25) is 8.98 Å². The number of ether oxygens (including phenoxy) is 1. The predicted molar refractivity (Wildman–Crippen MR) is 160 cm³/mol. The van der Waals surface area contributed by atoms with Crippen molar-refractivity contribution in [2.24, 2.45) is 0 Å². The van der Waals surface area contributed by atoms with E-state index < -0.39 is 47.2 Å². The summed E-state index contributed by atoms with van der Waals surface area (Å²) in [6.07, 6.45) is 4.15. The molecule has 0 amide bonds. The molecule has 0 radical (unpaired) electrons. The van der Waals surface area contributed by atoms with Gasteiger partial charge >= 0.3 is 0 Å². The second-order valence-electron chi connectivity index (χ2n) is 11.3. The second-order valence-corrected chi connectivity index (χ2v) is 18.5. The first-order chi connectivity index (χ1) is 19.8. The quantitative estimate of drug-likeness (QED) is 0.133. The molecule has 0 saturated carbocycles. The molecule has 13 heteroatoms. The summed E-state index contributed by atoms with van der Waals surface area (Å²) in [6, 6.07) is 15.8. The molecule has 10 nitrogen and oxygen atoms in total. The normalized spacial score (nSPS) is 13.6. The Morgan fingerprint density at radius 3 is 2.36 bits per heavy atom.